The zero-order valence-corrected chi connectivity index (χ0v) is 14.0. The third-order valence-corrected chi connectivity index (χ3v) is 3.77. The molecule has 25 heavy (non-hydrogen) atoms. The number of thiazole rings is 1. The Bertz CT molecular complexity index is 774. The van der Waals surface area contributed by atoms with Gasteiger partial charge < -0.3 is 15.4 Å². The highest BCUT2D eigenvalue weighted by molar-refractivity contribution is 7.13. The third kappa shape index (κ3) is 4.83. The van der Waals surface area contributed by atoms with Gasteiger partial charge >= 0.3 is 5.97 Å². The highest BCUT2D eigenvalue weighted by Gasteiger charge is 2.22. The van der Waals surface area contributed by atoms with E-state index in [2.05, 4.69) is 22.2 Å². The van der Waals surface area contributed by atoms with Gasteiger partial charge in [-0.2, -0.15) is 0 Å². The van der Waals surface area contributed by atoms with Crippen molar-refractivity contribution >= 4 is 34.0 Å². The summed E-state index contributed by atoms with van der Waals surface area (Å²) in [7, 11) is 0. The summed E-state index contributed by atoms with van der Waals surface area (Å²) in [6, 6.07) is 3.18. The number of hydrogen-bond acceptors (Lipinski definition) is 6. The van der Waals surface area contributed by atoms with Crippen molar-refractivity contribution in [2.45, 2.75) is 13.0 Å². The molecule has 2 rings (SSSR count). The van der Waals surface area contributed by atoms with Crippen LogP contribution in [0.4, 0.5) is 19.6 Å². The number of benzene rings is 1. The molecule has 0 aliphatic heterocycles. The Morgan fingerprint density at radius 3 is 2.72 bits per heavy atom. The van der Waals surface area contributed by atoms with E-state index >= 15 is 0 Å². The van der Waals surface area contributed by atoms with E-state index in [0.29, 0.717) is 11.7 Å². The summed E-state index contributed by atoms with van der Waals surface area (Å²) in [5.41, 5.74) is -0.576. The Balaban J connectivity index is 1.97. The van der Waals surface area contributed by atoms with Gasteiger partial charge in [0.2, 0.25) is 0 Å². The predicted molar refractivity (Wildman–Crippen MR) is 90.7 cm³/mol. The zero-order valence-electron chi connectivity index (χ0n) is 13.2. The molecule has 1 aromatic carbocycles. The summed E-state index contributed by atoms with van der Waals surface area (Å²) in [5.74, 6) is -3.54. The van der Waals surface area contributed by atoms with Gasteiger partial charge in [-0.1, -0.05) is 12.1 Å². The second-order valence-electron chi connectivity index (χ2n) is 4.84. The SMILES string of the molecule is C=CCNc1nc(C(=O)OC(C)C(=O)Nc2c(F)cccc2F)cs1. The third-order valence-electron chi connectivity index (χ3n) is 2.97. The van der Waals surface area contributed by atoms with Crippen LogP contribution in [0, 0.1) is 11.6 Å². The van der Waals surface area contributed by atoms with Gasteiger partial charge in [0, 0.05) is 11.9 Å². The van der Waals surface area contributed by atoms with E-state index in [1.165, 1.54) is 29.7 Å². The highest BCUT2D eigenvalue weighted by Crippen LogP contribution is 2.19. The molecule has 1 atom stereocenters. The summed E-state index contributed by atoms with van der Waals surface area (Å²) in [5, 5.41) is 6.94. The van der Waals surface area contributed by atoms with Gasteiger partial charge in [-0.25, -0.2) is 18.6 Å². The van der Waals surface area contributed by atoms with Crippen LogP contribution < -0.4 is 10.6 Å². The molecule has 0 bridgehead atoms. The van der Waals surface area contributed by atoms with Crippen molar-refractivity contribution in [3.05, 3.63) is 53.6 Å². The van der Waals surface area contributed by atoms with Gasteiger partial charge in [-0.3, -0.25) is 4.79 Å². The molecule has 0 radical (unpaired) electrons. The fraction of sp³-hybridized carbons (Fsp3) is 0.188. The number of aromatic nitrogens is 1. The van der Waals surface area contributed by atoms with Crippen molar-refractivity contribution in [1.29, 1.82) is 0 Å². The lowest BCUT2D eigenvalue weighted by Gasteiger charge is -2.13. The fourth-order valence-electron chi connectivity index (χ4n) is 1.72. The van der Waals surface area contributed by atoms with E-state index in [9.17, 15) is 18.4 Å². The molecule has 0 fully saturated rings. The van der Waals surface area contributed by atoms with Crippen LogP contribution in [0.25, 0.3) is 0 Å². The average Bonchev–Trinajstić information content (AvgIpc) is 3.05. The molecule has 9 heteroatoms. The molecule has 1 amide bonds. The largest absolute Gasteiger partial charge is 0.448 e. The predicted octanol–water partition coefficient (Wildman–Crippen LogP) is 3.20. The van der Waals surface area contributed by atoms with Gasteiger partial charge in [0.15, 0.2) is 16.9 Å². The van der Waals surface area contributed by atoms with Gasteiger partial charge in [-0.15, -0.1) is 17.9 Å². The minimum atomic E-state index is -1.27. The first-order valence-corrected chi connectivity index (χ1v) is 8.06. The topological polar surface area (TPSA) is 80.3 Å². The van der Waals surface area contributed by atoms with E-state index in [-0.39, 0.29) is 5.69 Å². The Morgan fingerprint density at radius 1 is 1.40 bits per heavy atom. The second kappa shape index (κ2) is 8.34. The maximum Gasteiger partial charge on any atom is 0.358 e. The smallest absolute Gasteiger partial charge is 0.358 e. The van der Waals surface area contributed by atoms with Gasteiger partial charge in [0.1, 0.15) is 17.3 Å². The molecular formula is C16H15F2N3O3S. The summed E-state index contributed by atoms with van der Waals surface area (Å²) >= 11 is 1.19. The quantitative estimate of drug-likeness (QED) is 0.580. The van der Waals surface area contributed by atoms with Crippen molar-refractivity contribution in [3.63, 3.8) is 0 Å². The van der Waals surface area contributed by atoms with Crippen LogP contribution in [-0.2, 0) is 9.53 Å². The van der Waals surface area contributed by atoms with Crippen molar-refractivity contribution in [2.75, 3.05) is 17.2 Å². The molecule has 0 spiro atoms. The number of ether oxygens (including phenoxy) is 1. The average molecular weight is 367 g/mol. The number of para-hydroxylation sites is 1. The standard InChI is InChI=1S/C16H15F2N3O3S/c1-3-7-19-16-20-12(8-25-16)15(23)24-9(2)14(22)21-13-10(17)5-4-6-11(13)18/h3-6,8-9H,1,7H2,2H3,(H,19,20)(H,21,22). The summed E-state index contributed by atoms with van der Waals surface area (Å²) in [6.07, 6.45) is 0.367. The van der Waals surface area contributed by atoms with E-state index < -0.39 is 35.3 Å². The number of carbonyl (C=O) groups is 2. The Kier molecular flexibility index (Phi) is 6.18. The number of anilines is 2. The number of esters is 1. The Labute approximate surface area is 146 Å². The van der Waals surface area contributed by atoms with E-state index in [0.717, 1.165) is 12.1 Å². The second-order valence-corrected chi connectivity index (χ2v) is 5.70. The minimum absolute atomic E-state index is 0.0216. The van der Waals surface area contributed by atoms with Crippen molar-refractivity contribution in [3.8, 4) is 0 Å². The molecule has 132 valence electrons. The van der Waals surface area contributed by atoms with Crippen LogP contribution in [0.5, 0.6) is 0 Å². The summed E-state index contributed by atoms with van der Waals surface area (Å²) in [6.45, 7) is 5.32. The van der Waals surface area contributed by atoms with Crippen LogP contribution >= 0.6 is 11.3 Å². The molecule has 6 nitrogen and oxygen atoms in total. The van der Waals surface area contributed by atoms with Crippen LogP contribution in [0.15, 0.2) is 36.2 Å². The van der Waals surface area contributed by atoms with Crippen molar-refractivity contribution in [1.82, 2.24) is 4.98 Å². The molecule has 2 aromatic rings. The van der Waals surface area contributed by atoms with Crippen LogP contribution in [0.3, 0.4) is 0 Å². The van der Waals surface area contributed by atoms with Gasteiger partial charge in [-0.05, 0) is 19.1 Å². The van der Waals surface area contributed by atoms with E-state index in [4.69, 9.17) is 4.74 Å². The molecule has 1 unspecified atom stereocenters. The highest BCUT2D eigenvalue weighted by atomic mass is 32.1. The monoisotopic (exact) mass is 367 g/mol. The lowest BCUT2D eigenvalue weighted by Crippen LogP contribution is -2.30. The first-order chi connectivity index (χ1) is 11.9. The number of amides is 1. The minimum Gasteiger partial charge on any atom is -0.448 e. The molecule has 2 N–H and O–H groups in total. The molecule has 0 aliphatic carbocycles. The molecule has 0 saturated carbocycles. The van der Waals surface area contributed by atoms with Crippen LogP contribution in [-0.4, -0.2) is 29.5 Å². The Hall–Kier alpha value is -2.81. The normalized spacial score (nSPS) is 11.5. The van der Waals surface area contributed by atoms with Crippen LogP contribution in [0.1, 0.15) is 17.4 Å². The maximum atomic E-state index is 13.5. The number of halogens is 2. The fourth-order valence-corrected chi connectivity index (χ4v) is 2.41. The molecule has 1 heterocycles. The molecule has 1 aromatic heterocycles. The lowest BCUT2D eigenvalue weighted by atomic mass is 10.2. The number of rotatable bonds is 7. The molecular weight excluding hydrogens is 352 g/mol. The summed E-state index contributed by atoms with van der Waals surface area (Å²) in [4.78, 5) is 28.0. The number of nitrogens with one attached hydrogen (secondary N) is 2. The number of nitrogens with zero attached hydrogens (tertiary/aromatic N) is 1. The lowest BCUT2D eigenvalue weighted by molar-refractivity contribution is -0.123. The Morgan fingerprint density at radius 2 is 2.08 bits per heavy atom. The molecule has 0 aliphatic rings. The summed E-state index contributed by atoms with van der Waals surface area (Å²) < 4.78 is 32.0. The number of carbonyl (C=O) groups excluding carboxylic acids is 2. The van der Waals surface area contributed by atoms with Crippen LogP contribution in [0.2, 0.25) is 0 Å². The van der Waals surface area contributed by atoms with Gasteiger partial charge in [0.25, 0.3) is 5.91 Å². The van der Waals surface area contributed by atoms with E-state index in [1.807, 2.05) is 0 Å². The molecule has 0 saturated heterocycles. The zero-order chi connectivity index (χ0) is 18.4. The van der Waals surface area contributed by atoms with Crippen molar-refractivity contribution in [2.24, 2.45) is 0 Å². The van der Waals surface area contributed by atoms with E-state index in [1.54, 1.807) is 6.08 Å². The number of hydrogen-bond donors (Lipinski definition) is 2. The van der Waals surface area contributed by atoms with Crippen molar-refractivity contribution < 1.29 is 23.1 Å². The maximum absolute atomic E-state index is 13.5. The first-order valence-electron chi connectivity index (χ1n) is 7.18. The van der Waals surface area contributed by atoms with Gasteiger partial charge in [0.05, 0.1) is 0 Å². The first kappa shape index (κ1) is 18.5.